The first-order valence-electron chi connectivity index (χ1n) is 8.34. The molecule has 0 fully saturated rings. The molecule has 10 nitrogen and oxygen atoms in total. The van der Waals surface area contributed by atoms with Crippen LogP contribution in [-0.2, 0) is 16.3 Å². The van der Waals surface area contributed by atoms with Crippen LogP contribution in [0.15, 0.2) is 39.8 Å². The second kappa shape index (κ2) is 7.62. The van der Waals surface area contributed by atoms with E-state index in [9.17, 15) is 8.42 Å². The molecule has 0 spiro atoms. The zero-order chi connectivity index (χ0) is 20.5. The highest BCUT2D eigenvalue weighted by molar-refractivity contribution is 7.92. The van der Waals surface area contributed by atoms with Crippen molar-refractivity contribution in [2.45, 2.75) is 36.7 Å². The van der Waals surface area contributed by atoms with E-state index in [4.69, 9.17) is 20.4 Å². The van der Waals surface area contributed by atoms with Crippen LogP contribution in [0.5, 0.6) is 0 Å². The van der Waals surface area contributed by atoms with Crippen LogP contribution in [0, 0.1) is 0 Å². The number of aromatic nitrogens is 4. The molecule has 2 aromatic heterocycles. The minimum absolute atomic E-state index is 0.0125. The number of nitrogens with two attached hydrogens (primary N) is 1. The van der Waals surface area contributed by atoms with E-state index in [0.29, 0.717) is 11.3 Å². The number of hydrogen-bond donors (Lipinski definition) is 3. The molecule has 0 aliphatic carbocycles. The Labute approximate surface area is 161 Å². The lowest BCUT2D eigenvalue weighted by atomic mass is 10.1. The summed E-state index contributed by atoms with van der Waals surface area (Å²) in [7, 11) is -3.37. The van der Waals surface area contributed by atoms with Gasteiger partial charge >= 0.3 is 0 Å². The minimum atomic E-state index is -3.37. The quantitative estimate of drug-likeness (QED) is 0.499. The Hall–Kier alpha value is -2.89. The first-order valence-corrected chi connectivity index (χ1v) is 9.89. The Bertz CT molecular complexity index is 1080. The highest BCUT2D eigenvalue weighted by Gasteiger charge is 2.20. The van der Waals surface area contributed by atoms with E-state index in [1.54, 1.807) is 26.0 Å². The van der Waals surface area contributed by atoms with E-state index in [2.05, 4.69) is 20.2 Å². The lowest BCUT2D eigenvalue weighted by Crippen LogP contribution is -2.13. The smallest absolute Gasteiger partial charge is 0.270 e. The molecular formula is C17H19N5O5S. The molecule has 0 aliphatic heterocycles. The molecule has 0 unspecified atom stereocenters. The molecule has 4 N–H and O–H groups in total. The number of aliphatic hydroxyl groups is 2. The number of sulfone groups is 1. The average Bonchev–Trinajstić information content (AvgIpc) is 3.09. The second-order valence-electron chi connectivity index (χ2n) is 6.29. The van der Waals surface area contributed by atoms with E-state index < -0.39 is 21.4 Å². The van der Waals surface area contributed by atoms with Crippen molar-refractivity contribution < 1.29 is 23.0 Å². The van der Waals surface area contributed by atoms with Crippen LogP contribution in [0.3, 0.4) is 0 Å². The first-order chi connectivity index (χ1) is 13.2. The van der Waals surface area contributed by atoms with Crippen LogP contribution in [0.1, 0.15) is 19.7 Å². The van der Waals surface area contributed by atoms with Gasteiger partial charge in [0.05, 0.1) is 28.5 Å². The highest BCUT2D eigenvalue weighted by Crippen LogP contribution is 2.26. The van der Waals surface area contributed by atoms with Gasteiger partial charge in [0, 0.05) is 5.56 Å². The van der Waals surface area contributed by atoms with E-state index >= 15 is 0 Å². The van der Waals surface area contributed by atoms with Gasteiger partial charge in [0.25, 0.3) is 5.89 Å². The summed E-state index contributed by atoms with van der Waals surface area (Å²) in [4.78, 5) is 8.67. The lowest BCUT2D eigenvalue weighted by Gasteiger charge is -2.09. The second-order valence-corrected chi connectivity index (χ2v) is 8.80. The predicted octanol–water partition coefficient (Wildman–Crippen LogP) is 0.811. The summed E-state index contributed by atoms with van der Waals surface area (Å²) in [6.07, 6.45) is -0.408. The number of benzene rings is 1. The Balaban J connectivity index is 1.94. The summed E-state index contributed by atoms with van der Waals surface area (Å²) in [5.41, 5.74) is 7.04. The Morgan fingerprint density at radius 1 is 1.14 bits per heavy atom. The zero-order valence-electron chi connectivity index (χ0n) is 15.1. The van der Waals surface area contributed by atoms with Gasteiger partial charge in [-0.05, 0) is 26.0 Å². The van der Waals surface area contributed by atoms with Crippen molar-refractivity contribution in [2.75, 3.05) is 5.73 Å². The Morgan fingerprint density at radius 2 is 1.82 bits per heavy atom. The monoisotopic (exact) mass is 405 g/mol. The molecule has 0 bridgehead atoms. The third-order valence-electron chi connectivity index (χ3n) is 3.93. The van der Waals surface area contributed by atoms with Crippen LogP contribution in [0.25, 0.3) is 22.8 Å². The fourth-order valence-corrected chi connectivity index (χ4v) is 3.43. The van der Waals surface area contributed by atoms with Gasteiger partial charge in [-0.2, -0.15) is 0 Å². The van der Waals surface area contributed by atoms with Gasteiger partial charge in [-0.15, -0.1) is 10.2 Å². The molecule has 148 valence electrons. The largest absolute Gasteiger partial charge is 0.419 e. The van der Waals surface area contributed by atoms with E-state index in [1.807, 2.05) is 0 Å². The SMILES string of the molecule is CC(C)S(=O)(=O)c1ccc(-c2cnc(N)c(-c3nnc(CC(O)O)o3)n2)cc1. The fourth-order valence-electron chi connectivity index (χ4n) is 2.37. The van der Waals surface area contributed by atoms with E-state index in [0.717, 1.165) is 0 Å². The lowest BCUT2D eigenvalue weighted by molar-refractivity contribution is -0.0421. The normalized spacial score (nSPS) is 12.1. The molecule has 0 atom stereocenters. The molecule has 2 heterocycles. The van der Waals surface area contributed by atoms with Crippen LogP contribution >= 0.6 is 0 Å². The molecule has 0 amide bonds. The van der Waals surface area contributed by atoms with Crippen molar-refractivity contribution in [1.29, 1.82) is 0 Å². The summed E-state index contributed by atoms with van der Waals surface area (Å²) in [6.45, 7) is 3.24. The fraction of sp³-hybridized carbons (Fsp3) is 0.294. The van der Waals surface area contributed by atoms with Crippen molar-refractivity contribution in [2.24, 2.45) is 0 Å². The topological polar surface area (TPSA) is 165 Å². The first kappa shape index (κ1) is 19.9. The van der Waals surface area contributed by atoms with Crippen molar-refractivity contribution in [1.82, 2.24) is 20.2 Å². The molecule has 0 aliphatic rings. The van der Waals surface area contributed by atoms with Crippen LogP contribution in [0.2, 0.25) is 0 Å². The van der Waals surface area contributed by atoms with Gasteiger partial charge in [-0.25, -0.2) is 18.4 Å². The summed E-state index contributed by atoms with van der Waals surface area (Å²) in [5, 5.41) is 24.9. The van der Waals surface area contributed by atoms with Gasteiger partial charge in [-0.1, -0.05) is 12.1 Å². The molecule has 11 heteroatoms. The number of aliphatic hydroxyl groups excluding tert-OH is 1. The third kappa shape index (κ3) is 4.01. The standard InChI is InChI=1S/C17H19N5O5S/c1-9(2)28(25,26)11-5-3-10(4-6-11)12-8-19-16(18)15(20-12)17-22-21-13(27-17)7-14(23)24/h3-6,8-9,14,23-24H,7H2,1-2H3,(H2,18,19). The zero-order valence-corrected chi connectivity index (χ0v) is 16.0. The number of rotatable bonds is 6. The number of nitrogens with zero attached hydrogens (tertiary/aromatic N) is 4. The van der Waals surface area contributed by atoms with Crippen molar-refractivity contribution in [3.8, 4) is 22.8 Å². The molecule has 0 saturated carbocycles. The minimum Gasteiger partial charge on any atom is -0.419 e. The van der Waals surface area contributed by atoms with Crippen LogP contribution in [0.4, 0.5) is 5.82 Å². The van der Waals surface area contributed by atoms with Crippen LogP contribution in [-0.4, -0.2) is 50.3 Å². The van der Waals surface area contributed by atoms with Gasteiger partial charge in [0.15, 0.2) is 27.6 Å². The number of anilines is 1. The van der Waals surface area contributed by atoms with Gasteiger partial charge in [-0.3, -0.25) is 0 Å². The third-order valence-corrected chi connectivity index (χ3v) is 6.10. The Kier molecular flexibility index (Phi) is 5.40. The summed E-state index contributed by atoms with van der Waals surface area (Å²) >= 11 is 0. The summed E-state index contributed by atoms with van der Waals surface area (Å²) < 4.78 is 29.8. The summed E-state index contributed by atoms with van der Waals surface area (Å²) in [5.74, 6) is 0.0591. The van der Waals surface area contributed by atoms with Crippen LogP contribution < -0.4 is 5.73 Å². The molecule has 0 radical (unpaired) electrons. The molecular weight excluding hydrogens is 386 g/mol. The molecule has 3 aromatic rings. The number of nitrogen functional groups attached to an aromatic ring is 1. The van der Waals surface area contributed by atoms with E-state index in [-0.39, 0.29) is 34.6 Å². The number of hydrogen-bond acceptors (Lipinski definition) is 10. The van der Waals surface area contributed by atoms with Gasteiger partial charge in [0.2, 0.25) is 5.89 Å². The molecule has 1 aromatic carbocycles. The van der Waals surface area contributed by atoms with Gasteiger partial charge < -0.3 is 20.4 Å². The maximum atomic E-state index is 12.2. The summed E-state index contributed by atoms with van der Waals surface area (Å²) in [6, 6.07) is 6.27. The maximum Gasteiger partial charge on any atom is 0.270 e. The van der Waals surface area contributed by atoms with Crippen molar-refractivity contribution in [3.05, 3.63) is 36.4 Å². The Morgan fingerprint density at radius 3 is 2.43 bits per heavy atom. The molecule has 28 heavy (non-hydrogen) atoms. The van der Waals surface area contributed by atoms with Crippen molar-refractivity contribution >= 4 is 15.7 Å². The van der Waals surface area contributed by atoms with Crippen molar-refractivity contribution in [3.63, 3.8) is 0 Å². The maximum absolute atomic E-state index is 12.2. The molecule has 3 rings (SSSR count). The van der Waals surface area contributed by atoms with Gasteiger partial charge in [0.1, 0.15) is 0 Å². The average molecular weight is 405 g/mol. The van der Waals surface area contributed by atoms with E-state index in [1.165, 1.54) is 18.3 Å². The highest BCUT2D eigenvalue weighted by atomic mass is 32.2. The predicted molar refractivity (Wildman–Crippen MR) is 99.4 cm³/mol. The molecule has 0 saturated heterocycles.